The lowest BCUT2D eigenvalue weighted by Crippen LogP contribution is -2.45. The maximum atomic E-state index is 6.64. The van der Waals surface area contributed by atoms with E-state index in [1.807, 2.05) is 0 Å². The van der Waals surface area contributed by atoms with Gasteiger partial charge >= 0.3 is 0 Å². The minimum Gasteiger partial charge on any atom is -0.417 e. The minimum atomic E-state index is -1.46. The van der Waals surface area contributed by atoms with Crippen molar-refractivity contribution < 1.29 is 4.43 Å². The zero-order valence-corrected chi connectivity index (χ0v) is 14.6. The molecule has 0 aliphatic carbocycles. The van der Waals surface area contributed by atoms with Crippen LogP contribution < -0.4 is 0 Å². The highest BCUT2D eigenvalue weighted by atomic mass is 28.4. The molecule has 0 aromatic rings. The molecule has 3 heteroatoms. The standard InChI is InChI=1S/C13H32OSi2/c1-8-12(5)16(7,11-4)14-13(9-2)15(6)10-3/h12-13,15H,8-11H2,1-7H3. The molecule has 0 aliphatic rings. The van der Waals surface area contributed by atoms with Crippen LogP contribution in [-0.4, -0.2) is 22.8 Å². The molecule has 4 unspecified atom stereocenters. The van der Waals surface area contributed by atoms with Crippen LogP contribution in [0.2, 0.25) is 30.7 Å². The summed E-state index contributed by atoms with van der Waals surface area (Å²) in [5.74, 6) is 0. The van der Waals surface area contributed by atoms with E-state index < -0.39 is 17.1 Å². The van der Waals surface area contributed by atoms with Crippen LogP contribution in [0, 0.1) is 0 Å². The highest BCUT2D eigenvalue weighted by molar-refractivity contribution is 6.74. The molecule has 0 aliphatic heterocycles. The lowest BCUT2D eigenvalue weighted by atomic mass is 10.4. The molecule has 1 nitrogen and oxygen atoms in total. The van der Waals surface area contributed by atoms with Crippen LogP contribution in [0.3, 0.4) is 0 Å². The molecule has 0 rings (SSSR count). The quantitative estimate of drug-likeness (QED) is 0.580. The van der Waals surface area contributed by atoms with Gasteiger partial charge in [-0.1, -0.05) is 53.6 Å². The maximum absolute atomic E-state index is 6.64. The molecule has 98 valence electrons. The van der Waals surface area contributed by atoms with E-state index in [0.29, 0.717) is 5.73 Å². The Hall–Kier alpha value is 0.394. The average Bonchev–Trinajstić information content (AvgIpc) is 2.33. The van der Waals surface area contributed by atoms with Crippen LogP contribution in [-0.2, 0) is 4.43 Å². The van der Waals surface area contributed by atoms with E-state index in [9.17, 15) is 0 Å². The van der Waals surface area contributed by atoms with Gasteiger partial charge in [-0.3, -0.25) is 0 Å². The molecular formula is C13H32OSi2. The van der Waals surface area contributed by atoms with Gasteiger partial charge in [0.2, 0.25) is 0 Å². The predicted molar refractivity (Wildman–Crippen MR) is 80.5 cm³/mol. The summed E-state index contributed by atoms with van der Waals surface area (Å²) < 4.78 is 6.64. The lowest BCUT2D eigenvalue weighted by Gasteiger charge is -2.37. The van der Waals surface area contributed by atoms with Gasteiger partial charge in [0.05, 0.1) is 8.80 Å². The first kappa shape index (κ1) is 16.4. The maximum Gasteiger partial charge on any atom is 0.192 e. The molecule has 4 atom stereocenters. The summed E-state index contributed by atoms with van der Waals surface area (Å²) in [7, 11) is -2.10. The highest BCUT2D eigenvalue weighted by Gasteiger charge is 2.36. The highest BCUT2D eigenvalue weighted by Crippen LogP contribution is 2.31. The second-order valence-electron chi connectivity index (χ2n) is 5.43. The van der Waals surface area contributed by atoms with E-state index in [-0.39, 0.29) is 0 Å². The summed E-state index contributed by atoms with van der Waals surface area (Å²) in [6.07, 6.45) is 2.50. The molecule has 0 spiro atoms. The monoisotopic (exact) mass is 260 g/mol. The molecule has 0 heterocycles. The first-order valence-electron chi connectivity index (χ1n) is 7.12. The molecule has 0 saturated heterocycles. The van der Waals surface area contributed by atoms with Crippen LogP contribution in [0.4, 0.5) is 0 Å². The van der Waals surface area contributed by atoms with Crippen LogP contribution in [0.25, 0.3) is 0 Å². The Balaban J connectivity index is 4.60. The van der Waals surface area contributed by atoms with Crippen LogP contribution in [0.15, 0.2) is 0 Å². The zero-order valence-electron chi connectivity index (χ0n) is 12.5. The fraction of sp³-hybridized carbons (Fsp3) is 1.00. The van der Waals surface area contributed by atoms with Crippen molar-refractivity contribution in [2.45, 2.75) is 83.9 Å². The van der Waals surface area contributed by atoms with Gasteiger partial charge in [0.25, 0.3) is 0 Å². The van der Waals surface area contributed by atoms with Crippen molar-refractivity contribution in [1.82, 2.24) is 0 Å². The number of rotatable bonds is 8. The van der Waals surface area contributed by atoms with Crippen molar-refractivity contribution in [3.05, 3.63) is 0 Å². The molecule has 0 amide bonds. The Morgan fingerprint density at radius 3 is 2.00 bits per heavy atom. The van der Waals surface area contributed by atoms with Crippen molar-refractivity contribution in [3.8, 4) is 0 Å². The second kappa shape index (κ2) is 7.67. The van der Waals surface area contributed by atoms with Crippen molar-refractivity contribution >= 4 is 17.1 Å². The van der Waals surface area contributed by atoms with Gasteiger partial charge in [0.15, 0.2) is 8.32 Å². The van der Waals surface area contributed by atoms with E-state index in [0.717, 1.165) is 5.54 Å². The smallest absolute Gasteiger partial charge is 0.192 e. The van der Waals surface area contributed by atoms with Gasteiger partial charge in [-0.05, 0) is 24.6 Å². The summed E-state index contributed by atoms with van der Waals surface area (Å²) in [5, 5.41) is 0. The van der Waals surface area contributed by atoms with E-state index in [2.05, 4.69) is 47.7 Å². The first-order valence-corrected chi connectivity index (χ1v) is 12.5. The summed E-state index contributed by atoms with van der Waals surface area (Å²) in [6.45, 7) is 16.6. The normalized spacial score (nSPS) is 21.2. The molecule has 0 bridgehead atoms. The van der Waals surface area contributed by atoms with Crippen molar-refractivity contribution in [3.63, 3.8) is 0 Å². The fourth-order valence-corrected chi connectivity index (χ4v) is 8.20. The predicted octanol–water partition coefficient (Wildman–Crippen LogP) is 4.59. The van der Waals surface area contributed by atoms with Crippen molar-refractivity contribution in [2.24, 2.45) is 0 Å². The third kappa shape index (κ3) is 4.34. The van der Waals surface area contributed by atoms with Gasteiger partial charge in [-0.15, -0.1) is 0 Å². The van der Waals surface area contributed by atoms with Gasteiger partial charge in [0.1, 0.15) is 0 Å². The third-order valence-corrected chi connectivity index (χ3v) is 12.6. The van der Waals surface area contributed by atoms with Gasteiger partial charge in [-0.25, -0.2) is 0 Å². The van der Waals surface area contributed by atoms with Crippen molar-refractivity contribution in [1.29, 1.82) is 0 Å². The molecule has 0 fully saturated rings. The fourth-order valence-electron chi connectivity index (χ4n) is 2.19. The van der Waals surface area contributed by atoms with E-state index in [1.54, 1.807) is 0 Å². The Morgan fingerprint density at radius 1 is 1.12 bits per heavy atom. The molecular weight excluding hydrogens is 228 g/mol. The Morgan fingerprint density at radius 2 is 1.69 bits per heavy atom. The zero-order chi connectivity index (χ0) is 12.8. The topological polar surface area (TPSA) is 9.23 Å². The third-order valence-electron chi connectivity index (χ3n) is 4.46. The number of hydrogen-bond acceptors (Lipinski definition) is 1. The van der Waals surface area contributed by atoms with Crippen LogP contribution in [0.5, 0.6) is 0 Å². The van der Waals surface area contributed by atoms with Crippen LogP contribution in [0.1, 0.15) is 47.5 Å². The lowest BCUT2D eigenvalue weighted by molar-refractivity contribution is 0.247. The first-order chi connectivity index (χ1) is 7.45. The van der Waals surface area contributed by atoms with Gasteiger partial charge < -0.3 is 4.43 Å². The molecule has 0 aromatic heterocycles. The SMILES string of the molecule is CCC(O[Si](C)(CC)C(C)CC)[SiH](C)CC. The molecule has 16 heavy (non-hydrogen) atoms. The van der Waals surface area contributed by atoms with E-state index in [1.165, 1.54) is 24.9 Å². The number of hydrogen-bond donors (Lipinski definition) is 0. The summed E-state index contributed by atoms with van der Waals surface area (Å²) in [5.41, 5.74) is 1.42. The molecule has 0 saturated carbocycles. The molecule has 0 aromatic carbocycles. The molecule has 0 N–H and O–H groups in total. The van der Waals surface area contributed by atoms with Gasteiger partial charge in [0, 0.05) is 5.73 Å². The Labute approximate surface area is 106 Å². The Bertz CT molecular complexity index is 187. The summed E-state index contributed by atoms with van der Waals surface area (Å²) in [6, 6.07) is 2.64. The van der Waals surface area contributed by atoms with E-state index >= 15 is 0 Å². The van der Waals surface area contributed by atoms with Crippen molar-refractivity contribution in [2.75, 3.05) is 0 Å². The summed E-state index contributed by atoms with van der Waals surface area (Å²) >= 11 is 0. The Kier molecular flexibility index (Phi) is 7.86. The summed E-state index contributed by atoms with van der Waals surface area (Å²) in [4.78, 5) is 0. The minimum absolute atomic E-state index is 0.621. The largest absolute Gasteiger partial charge is 0.417 e. The second-order valence-corrected chi connectivity index (χ2v) is 13.5. The van der Waals surface area contributed by atoms with Gasteiger partial charge in [-0.2, -0.15) is 0 Å². The van der Waals surface area contributed by atoms with E-state index in [4.69, 9.17) is 4.43 Å². The van der Waals surface area contributed by atoms with Crippen LogP contribution >= 0.6 is 0 Å². The molecule has 0 radical (unpaired) electrons. The average molecular weight is 261 g/mol.